The molecule has 0 radical (unpaired) electrons. The van der Waals surface area contributed by atoms with Crippen LogP contribution >= 0.6 is 11.8 Å². The van der Waals surface area contributed by atoms with Crippen molar-refractivity contribution in [2.45, 2.75) is 4.90 Å². The van der Waals surface area contributed by atoms with Crippen LogP contribution in [0.3, 0.4) is 0 Å². The van der Waals surface area contributed by atoms with Crippen LogP contribution in [0, 0.1) is 10.1 Å². The molecule has 2 aromatic carbocycles. The molecule has 0 aliphatic rings. The third kappa shape index (κ3) is 2.97. The van der Waals surface area contributed by atoms with Crippen LogP contribution < -0.4 is 5.32 Å². The molecule has 1 N–H and O–H groups in total. The van der Waals surface area contributed by atoms with Crippen molar-refractivity contribution in [3.05, 3.63) is 64.2 Å². The molecule has 1 amide bonds. The summed E-state index contributed by atoms with van der Waals surface area (Å²) in [6.45, 7) is 0. The van der Waals surface area contributed by atoms with Crippen LogP contribution in [0.2, 0.25) is 0 Å². The average molecular weight is 288 g/mol. The first-order valence-electron chi connectivity index (χ1n) is 5.81. The molecule has 0 aliphatic heterocycles. The second-order valence-electron chi connectivity index (χ2n) is 3.94. The number of nitrogens with zero attached hydrogens (tertiary/aromatic N) is 1. The van der Waals surface area contributed by atoms with E-state index in [0.29, 0.717) is 16.1 Å². The van der Waals surface area contributed by atoms with Gasteiger partial charge in [0.1, 0.15) is 0 Å². The van der Waals surface area contributed by atoms with E-state index in [9.17, 15) is 14.9 Å². The Balaban J connectivity index is 2.35. The zero-order chi connectivity index (χ0) is 14.5. The SMILES string of the molecule is CSc1c(C(=O)Nc2ccccc2)cccc1[N+](=O)[O-]. The number of nitro benzene ring substituents is 1. The number of rotatable bonds is 4. The lowest BCUT2D eigenvalue weighted by Crippen LogP contribution is -2.13. The van der Waals surface area contributed by atoms with Crippen molar-refractivity contribution in [2.24, 2.45) is 0 Å². The molecule has 2 aromatic rings. The van der Waals surface area contributed by atoms with Gasteiger partial charge in [0.25, 0.3) is 11.6 Å². The highest BCUT2D eigenvalue weighted by atomic mass is 32.2. The van der Waals surface area contributed by atoms with Crippen molar-refractivity contribution in [1.29, 1.82) is 0 Å². The number of hydrogen-bond donors (Lipinski definition) is 1. The number of carbonyl (C=O) groups is 1. The summed E-state index contributed by atoms with van der Waals surface area (Å²) in [6.07, 6.45) is 1.71. The summed E-state index contributed by atoms with van der Waals surface area (Å²) in [5, 5.41) is 13.7. The molecule has 0 spiro atoms. The van der Waals surface area contributed by atoms with Crippen LogP contribution in [-0.2, 0) is 0 Å². The van der Waals surface area contributed by atoms with Crippen molar-refractivity contribution >= 4 is 29.0 Å². The molecule has 0 heterocycles. The normalized spacial score (nSPS) is 10.1. The molecule has 0 atom stereocenters. The molecule has 0 fully saturated rings. The van der Waals surface area contributed by atoms with Gasteiger partial charge < -0.3 is 5.32 Å². The monoisotopic (exact) mass is 288 g/mol. The maximum Gasteiger partial charge on any atom is 0.283 e. The van der Waals surface area contributed by atoms with Crippen LogP contribution in [0.1, 0.15) is 10.4 Å². The molecule has 0 aromatic heterocycles. The predicted octanol–water partition coefficient (Wildman–Crippen LogP) is 3.57. The molecule has 0 bridgehead atoms. The fraction of sp³-hybridized carbons (Fsp3) is 0.0714. The first-order valence-corrected chi connectivity index (χ1v) is 7.03. The van der Waals surface area contributed by atoms with E-state index in [1.165, 1.54) is 23.9 Å². The quantitative estimate of drug-likeness (QED) is 0.530. The Kier molecular flexibility index (Phi) is 4.37. The smallest absolute Gasteiger partial charge is 0.283 e. The summed E-state index contributed by atoms with van der Waals surface area (Å²) >= 11 is 1.19. The minimum absolute atomic E-state index is 0.0572. The number of anilines is 1. The summed E-state index contributed by atoms with van der Waals surface area (Å²) in [5.74, 6) is -0.357. The lowest BCUT2D eigenvalue weighted by atomic mass is 10.2. The number of nitro groups is 1. The summed E-state index contributed by atoms with van der Waals surface area (Å²) in [5.41, 5.74) is 0.893. The number of amides is 1. The number of benzene rings is 2. The second-order valence-corrected chi connectivity index (χ2v) is 4.75. The van der Waals surface area contributed by atoms with Crippen LogP contribution in [0.15, 0.2) is 53.4 Å². The number of thioether (sulfide) groups is 1. The highest BCUT2D eigenvalue weighted by Gasteiger charge is 2.20. The highest BCUT2D eigenvalue weighted by Crippen LogP contribution is 2.31. The van der Waals surface area contributed by atoms with E-state index in [1.807, 2.05) is 6.07 Å². The van der Waals surface area contributed by atoms with Gasteiger partial charge in [-0.15, -0.1) is 11.8 Å². The Morgan fingerprint density at radius 3 is 2.45 bits per heavy atom. The largest absolute Gasteiger partial charge is 0.322 e. The van der Waals surface area contributed by atoms with Gasteiger partial charge >= 0.3 is 0 Å². The number of hydrogen-bond acceptors (Lipinski definition) is 4. The maximum atomic E-state index is 12.2. The molecule has 6 heteroatoms. The van der Waals surface area contributed by atoms with Gasteiger partial charge in [-0.25, -0.2) is 0 Å². The molecule has 2 rings (SSSR count). The molecule has 20 heavy (non-hydrogen) atoms. The molecule has 0 saturated heterocycles. The van der Waals surface area contributed by atoms with Crippen molar-refractivity contribution in [2.75, 3.05) is 11.6 Å². The number of nitrogens with one attached hydrogen (secondary N) is 1. The van der Waals surface area contributed by atoms with E-state index in [-0.39, 0.29) is 11.6 Å². The minimum Gasteiger partial charge on any atom is -0.322 e. The van der Waals surface area contributed by atoms with Gasteiger partial charge in [-0.2, -0.15) is 0 Å². The van der Waals surface area contributed by atoms with E-state index in [4.69, 9.17) is 0 Å². The summed E-state index contributed by atoms with van der Waals surface area (Å²) in [4.78, 5) is 23.1. The Morgan fingerprint density at radius 1 is 1.15 bits per heavy atom. The zero-order valence-electron chi connectivity index (χ0n) is 10.7. The fourth-order valence-corrected chi connectivity index (χ4v) is 2.51. The third-order valence-corrected chi connectivity index (χ3v) is 3.51. The summed E-state index contributed by atoms with van der Waals surface area (Å²) < 4.78 is 0. The zero-order valence-corrected chi connectivity index (χ0v) is 11.5. The van der Waals surface area contributed by atoms with E-state index in [0.717, 1.165) is 0 Å². The molecule has 0 unspecified atom stereocenters. The van der Waals surface area contributed by atoms with Gasteiger partial charge in [0.2, 0.25) is 0 Å². The molecular weight excluding hydrogens is 276 g/mol. The van der Waals surface area contributed by atoms with Gasteiger partial charge in [0, 0.05) is 11.8 Å². The van der Waals surface area contributed by atoms with E-state index >= 15 is 0 Å². The number of carbonyl (C=O) groups excluding carboxylic acids is 1. The lowest BCUT2D eigenvalue weighted by molar-refractivity contribution is -0.387. The van der Waals surface area contributed by atoms with Gasteiger partial charge in [0.15, 0.2) is 0 Å². The first-order chi connectivity index (χ1) is 9.63. The molecular formula is C14H12N2O3S. The van der Waals surface area contributed by atoms with Crippen LogP contribution in [-0.4, -0.2) is 17.1 Å². The Bertz CT molecular complexity index is 644. The molecule has 5 nitrogen and oxygen atoms in total. The minimum atomic E-state index is -0.481. The van der Waals surface area contributed by atoms with E-state index in [2.05, 4.69) is 5.32 Å². The maximum absolute atomic E-state index is 12.2. The molecule has 0 aliphatic carbocycles. The van der Waals surface area contributed by atoms with Crippen molar-refractivity contribution in [3.8, 4) is 0 Å². The Morgan fingerprint density at radius 2 is 1.85 bits per heavy atom. The lowest BCUT2D eigenvalue weighted by Gasteiger charge is -2.08. The van der Waals surface area contributed by atoms with E-state index in [1.54, 1.807) is 36.6 Å². The van der Waals surface area contributed by atoms with Crippen molar-refractivity contribution in [3.63, 3.8) is 0 Å². The summed E-state index contributed by atoms with van der Waals surface area (Å²) in [7, 11) is 0. The number of para-hydroxylation sites is 1. The second kappa shape index (κ2) is 6.21. The van der Waals surface area contributed by atoms with Crippen molar-refractivity contribution in [1.82, 2.24) is 0 Å². The molecule has 102 valence electrons. The van der Waals surface area contributed by atoms with Crippen LogP contribution in [0.4, 0.5) is 11.4 Å². The highest BCUT2D eigenvalue weighted by molar-refractivity contribution is 7.98. The summed E-state index contributed by atoms with van der Waals surface area (Å²) in [6, 6.07) is 13.5. The standard InChI is InChI=1S/C14H12N2O3S/c1-20-13-11(8-5-9-12(13)16(18)19)14(17)15-10-6-3-2-4-7-10/h2-9H,1H3,(H,15,17). The van der Waals surface area contributed by atoms with Crippen LogP contribution in [0.25, 0.3) is 0 Å². The average Bonchev–Trinajstić information content (AvgIpc) is 2.47. The van der Waals surface area contributed by atoms with Crippen molar-refractivity contribution < 1.29 is 9.72 Å². The predicted molar refractivity (Wildman–Crippen MR) is 79.3 cm³/mol. The third-order valence-electron chi connectivity index (χ3n) is 2.67. The van der Waals surface area contributed by atoms with E-state index < -0.39 is 4.92 Å². The fourth-order valence-electron chi connectivity index (χ4n) is 1.78. The molecule has 0 saturated carbocycles. The first kappa shape index (κ1) is 14.1. The van der Waals surface area contributed by atoms with Gasteiger partial charge in [-0.1, -0.05) is 24.3 Å². The van der Waals surface area contributed by atoms with Gasteiger partial charge in [-0.05, 0) is 24.5 Å². The Hall–Kier alpha value is -2.34. The van der Waals surface area contributed by atoms with Gasteiger partial charge in [0.05, 0.1) is 15.4 Å². The topological polar surface area (TPSA) is 72.2 Å². The van der Waals surface area contributed by atoms with Crippen LogP contribution in [0.5, 0.6) is 0 Å². The van der Waals surface area contributed by atoms with Gasteiger partial charge in [-0.3, -0.25) is 14.9 Å². The Labute approximate surface area is 120 Å².